The van der Waals surface area contributed by atoms with Crippen molar-refractivity contribution in [3.63, 3.8) is 0 Å². The van der Waals surface area contributed by atoms with Crippen LogP contribution in [0.1, 0.15) is 17.3 Å². The molecule has 1 N–H and O–H groups in total. The van der Waals surface area contributed by atoms with Gasteiger partial charge in [-0.05, 0) is 31.2 Å². The number of nitrogens with one attached hydrogen (secondary N) is 1. The molecular weight excluding hydrogens is 252 g/mol. The number of methoxy groups -OCH3 is 1. The lowest BCUT2D eigenvalue weighted by Gasteiger charge is -2.05. The van der Waals surface area contributed by atoms with Gasteiger partial charge in [-0.25, -0.2) is 5.53 Å². The fraction of sp³-hybridized carbons (Fsp3) is 0.200. The monoisotopic (exact) mass is 268 g/mol. The van der Waals surface area contributed by atoms with Gasteiger partial charge in [-0.1, -0.05) is 29.8 Å². The summed E-state index contributed by atoms with van der Waals surface area (Å²) in [4.78, 5) is 0. The van der Waals surface area contributed by atoms with Crippen LogP contribution < -0.4 is 4.74 Å². The first-order chi connectivity index (χ1) is 9.72. The molecule has 0 aliphatic heterocycles. The fourth-order valence-corrected chi connectivity index (χ4v) is 1.68. The van der Waals surface area contributed by atoms with Crippen LogP contribution in [0, 0.1) is 12.5 Å². The molecule has 0 aliphatic carbocycles. The molecule has 1 atom stereocenters. The van der Waals surface area contributed by atoms with Crippen LogP contribution in [0.5, 0.6) is 5.75 Å². The molecule has 2 aromatic rings. The Balaban J connectivity index is 2.14. The molecule has 102 valence electrons. The van der Waals surface area contributed by atoms with Gasteiger partial charge in [0.25, 0.3) is 0 Å². The maximum absolute atomic E-state index is 7.23. The van der Waals surface area contributed by atoms with Crippen LogP contribution in [0.15, 0.2) is 63.9 Å². The fourth-order valence-electron chi connectivity index (χ4n) is 1.68. The largest absolute Gasteiger partial charge is 0.497 e. The van der Waals surface area contributed by atoms with E-state index in [-0.39, 0.29) is 0 Å². The molecule has 0 saturated carbocycles. The van der Waals surface area contributed by atoms with E-state index in [1.54, 1.807) is 19.2 Å². The van der Waals surface area contributed by atoms with Crippen molar-refractivity contribution in [2.45, 2.75) is 13.1 Å². The van der Waals surface area contributed by atoms with Crippen molar-refractivity contribution in [3.05, 3.63) is 59.7 Å². The highest BCUT2D eigenvalue weighted by molar-refractivity contribution is 5.40. The van der Waals surface area contributed by atoms with Gasteiger partial charge in [-0.15, -0.1) is 0 Å². The molecule has 5 heteroatoms. The Hall–Kier alpha value is -2.56. The zero-order valence-corrected chi connectivity index (χ0v) is 11.4. The number of nitrogens with zero attached hydrogens (tertiary/aromatic N) is 3. The normalized spacial score (nSPS) is 12.3. The van der Waals surface area contributed by atoms with Gasteiger partial charge in [-0.3, -0.25) is 0 Å². The summed E-state index contributed by atoms with van der Waals surface area (Å²) in [6.45, 7) is 2.01. The number of rotatable bonds is 5. The number of azo groups is 1. The highest BCUT2D eigenvalue weighted by Crippen LogP contribution is 2.23. The minimum Gasteiger partial charge on any atom is -0.497 e. The van der Waals surface area contributed by atoms with Gasteiger partial charge in [0.05, 0.1) is 12.8 Å². The van der Waals surface area contributed by atoms with E-state index in [2.05, 4.69) is 15.3 Å². The highest BCUT2D eigenvalue weighted by Gasteiger charge is 2.07. The van der Waals surface area contributed by atoms with E-state index in [0.717, 1.165) is 16.9 Å². The summed E-state index contributed by atoms with van der Waals surface area (Å²) >= 11 is 0. The third kappa shape index (κ3) is 3.47. The van der Waals surface area contributed by atoms with Crippen molar-refractivity contribution in [2.75, 3.05) is 7.11 Å². The lowest BCUT2D eigenvalue weighted by Crippen LogP contribution is -1.89. The van der Waals surface area contributed by atoms with Crippen LogP contribution in [0.3, 0.4) is 0 Å². The predicted molar refractivity (Wildman–Crippen MR) is 76.6 cm³/mol. The number of benzene rings is 2. The third-order valence-electron chi connectivity index (χ3n) is 2.85. The molecule has 1 unspecified atom stereocenters. The van der Waals surface area contributed by atoms with E-state index in [1.807, 2.05) is 43.3 Å². The van der Waals surface area contributed by atoms with E-state index < -0.39 is 6.17 Å². The topological polar surface area (TPSA) is 70.2 Å². The second-order valence-electron chi connectivity index (χ2n) is 4.33. The van der Waals surface area contributed by atoms with Crippen LogP contribution in [0.4, 0.5) is 5.69 Å². The number of hydrogen-bond donors (Lipinski definition) is 1. The molecule has 20 heavy (non-hydrogen) atoms. The second kappa shape index (κ2) is 6.56. The van der Waals surface area contributed by atoms with Gasteiger partial charge in [0, 0.05) is 5.56 Å². The Labute approximate surface area is 117 Å². The van der Waals surface area contributed by atoms with E-state index in [1.165, 1.54) is 0 Å². The molecule has 0 saturated heterocycles. The Morgan fingerprint density at radius 3 is 2.20 bits per heavy atom. The highest BCUT2D eigenvalue weighted by atomic mass is 16.5. The van der Waals surface area contributed by atoms with Crippen molar-refractivity contribution in [1.29, 1.82) is 5.53 Å². The number of ether oxygens (including phenoxy) is 1. The Morgan fingerprint density at radius 2 is 1.65 bits per heavy atom. The quantitative estimate of drug-likeness (QED) is 0.776. The first-order valence-electron chi connectivity index (χ1n) is 6.21. The molecule has 0 bridgehead atoms. The molecule has 0 aromatic heterocycles. The number of aryl methyl sites for hydroxylation is 1. The van der Waals surface area contributed by atoms with Crippen molar-refractivity contribution < 1.29 is 4.74 Å². The van der Waals surface area contributed by atoms with Gasteiger partial charge in [0.1, 0.15) is 5.75 Å². The minimum atomic E-state index is -0.599. The summed E-state index contributed by atoms with van der Waals surface area (Å²) in [6, 6.07) is 15.0. The summed E-state index contributed by atoms with van der Waals surface area (Å²) < 4.78 is 5.08. The second-order valence-corrected chi connectivity index (χ2v) is 4.33. The summed E-state index contributed by atoms with van der Waals surface area (Å²) in [5, 5.41) is 11.7. The van der Waals surface area contributed by atoms with Crippen LogP contribution in [-0.2, 0) is 0 Å². The van der Waals surface area contributed by atoms with Crippen molar-refractivity contribution >= 4 is 5.69 Å². The minimum absolute atomic E-state index is 0.599. The Morgan fingerprint density at radius 1 is 1.00 bits per heavy atom. The van der Waals surface area contributed by atoms with Crippen LogP contribution in [0.2, 0.25) is 0 Å². The molecule has 2 rings (SSSR count). The van der Waals surface area contributed by atoms with Crippen molar-refractivity contribution in [1.82, 2.24) is 0 Å². The Bertz CT molecular complexity index is 590. The van der Waals surface area contributed by atoms with Gasteiger partial charge in [0.15, 0.2) is 0 Å². The van der Waals surface area contributed by atoms with Gasteiger partial charge in [0.2, 0.25) is 6.17 Å². The van der Waals surface area contributed by atoms with Crippen LogP contribution in [0.25, 0.3) is 0 Å². The average molecular weight is 268 g/mol. The molecular formula is C15H16N4O. The van der Waals surface area contributed by atoms with E-state index in [0.29, 0.717) is 5.69 Å². The first-order valence-corrected chi connectivity index (χ1v) is 6.21. The lowest BCUT2D eigenvalue weighted by atomic mass is 10.1. The van der Waals surface area contributed by atoms with E-state index in [4.69, 9.17) is 10.3 Å². The van der Waals surface area contributed by atoms with E-state index >= 15 is 0 Å². The summed E-state index contributed by atoms with van der Waals surface area (Å²) in [7, 11) is 1.61. The molecule has 0 spiro atoms. The maximum atomic E-state index is 7.23. The van der Waals surface area contributed by atoms with Gasteiger partial charge in [-0.2, -0.15) is 15.3 Å². The molecule has 0 heterocycles. The zero-order valence-electron chi connectivity index (χ0n) is 11.4. The SMILES string of the molecule is COc1ccc(N=NC(N=N)c2ccc(C)cc2)cc1. The summed E-state index contributed by atoms with van der Waals surface area (Å²) in [5.74, 6) is 0.768. The molecule has 0 amide bonds. The smallest absolute Gasteiger partial charge is 0.206 e. The standard InChI is InChI=1S/C15H16N4O/c1-11-3-5-12(6-4-11)15(17-16)19-18-13-7-9-14(20-2)10-8-13/h3-10,15-16H,1-2H3. The predicted octanol–water partition coefficient (Wildman–Crippen LogP) is 4.82. The van der Waals surface area contributed by atoms with Crippen LogP contribution in [-0.4, -0.2) is 7.11 Å². The maximum Gasteiger partial charge on any atom is 0.206 e. The van der Waals surface area contributed by atoms with Crippen molar-refractivity contribution in [3.8, 4) is 5.75 Å². The molecule has 2 aromatic carbocycles. The molecule has 5 nitrogen and oxygen atoms in total. The lowest BCUT2D eigenvalue weighted by molar-refractivity contribution is 0.415. The van der Waals surface area contributed by atoms with Gasteiger partial charge >= 0.3 is 0 Å². The number of hydrogen-bond acceptors (Lipinski definition) is 5. The Kier molecular flexibility index (Phi) is 4.55. The molecule has 0 fully saturated rings. The first kappa shape index (κ1) is 13.9. The average Bonchev–Trinajstić information content (AvgIpc) is 2.50. The van der Waals surface area contributed by atoms with Crippen molar-refractivity contribution in [2.24, 2.45) is 15.3 Å². The van der Waals surface area contributed by atoms with Gasteiger partial charge < -0.3 is 4.74 Å². The molecule has 0 aliphatic rings. The zero-order chi connectivity index (χ0) is 14.4. The molecule has 0 radical (unpaired) electrons. The summed E-state index contributed by atoms with van der Waals surface area (Å²) in [5.41, 5.74) is 9.94. The summed E-state index contributed by atoms with van der Waals surface area (Å²) in [6.07, 6.45) is -0.599. The van der Waals surface area contributed by atoms with E-state index in [9.17, 15) is 0 Å². The van der Waals surface area contributed by atoms with Crippen LogP contribution >= 0.6 is 0 Å². The third-order valence-corrected chi connectivity index (χ3v) is 2.85.